The Morgan fingerprint density at radius 1 is 1.17 bits per heavy atom. The third-order valence-corrected chi connectivity index (χ3v) is 9.55. The van der Waals surface area contributed by atoms with Crippen LogP contribution in [0.5, 0.6) is 0 Å². The van der Waals surface area contributed by atoms with Gasteiger partial charge in [-0.25, -0.2) is 0 Å². The molecule has 4 aliphatic carbocycles. The fraction of sp³-hybridized carbons (Fsp3) is 0.760. The first kappa shape index (κ1) is 28.5. The molecule has 10 heteroatoms. The third kappa shape index (κ3) is 4.36. The standard InChI is InChI=1S/C25H34O9.Na.H/c1-23-11-17(28)22-15(16(23)7-8-25(23,33)18(29)12-26)4-3-13-9-14(27)10-19(24(13,22)2)34-21(32)6-5-20(30)31;;/h9,15-17,19,22,26,28,33H,3-8,10-12H2,1-2H3,(H,30,31);;/t15-,16-,17-,19?,22+,23-,24+,25-;;/m0../s1. The van der Waals surface area contributed by atoms with E-state index in [4.69, 9.17) is 9.84 Å². The molecule has 0 spiro atoms. The molecule has 190 valence electrons. The summed E-state index contributed by atoms with van der Waals surface area (Å²) in [6.45, 7) is 2.96. The Labute approximate surface area is 226 Å². The van der Waals surface area contributed by atoms with Gasteiger partial charge in [0.15, 0.2) is 11.6 Å². The van der Waals surface area contributed by atoms with E-state index < -0.39 is 53.0 Å². The zero-order chi connectivity index (χ0) is 25.1. The van der Waals surface area contributed by atoms with Crippen molar-refractivity contribution in [2.45, 2.75) is 83.0 Å². The van der Waals surface area contributed by atoms with E-state index >= 15 is 0 Å². The fourth-order valence-corrected chi connectivity index (χ4v) is 7.89. The van der Waals surface area contributed by atoms with E-state index in [1.165, 1.54) is 0 Å². The molecule has 4 rings (SSSR count). The number of aliphatic hydroxyl groups excluding tert-OH is 2. The van der Waals surface area contributed by atoms with Gasteiger partial charge in [0.25, 0.3) is 0 Å². The van der Waals surface area contributed by atoms with Crippen LogP contribution in [-0.2, 0) is 23.9 Å². The van der Waals surface area contributed by atoms with E-state index in [-0.39, 0.29) is 85.2 Å². The second-order valence-corrected chi connectivity index (χ2v) is 11.0. The summed E-state index contributed by atoms with van der Waals surface area (Å²) in [5.41, 5.74) is -2.61. The van der Waals surface area contributed by atoms with Crippen LogP contribution in [-0.4, -0.2) is 97.9 Å². The van der Waals surface area contributed by atoms with Crippen molar-refractivity contribution in [1.82, 2.24) is 0 Å². The van der Waals surface area contributed by atoms with Gasteiger partial charge in [0, 0.05) is 23.2 Å². The summed E-state index contributed by atoms with van der Waals surface area (Å²) in [4.78, 5) is 48.3. The Hall–Kier alpha value is -1.10. The predicted molar refractivity (Wildman–Crippen MR) is 124 cm³/mol. The van der Waals surface area contributed by atoms with Crippen LogP contribution < -0.4 is 0 Å². The number of ether oxygens (including phenoxy) is 1. The molecule has 0 radical (unpaired) electrons. The van der Waals surface area contributed by atoms with Gasteiger partial charge in [-0.3, -0.25) is 19.2 Å². The van der Waals surface area contributed by atoms with Crippen LogP contribution in [0.15, 0.2) is 11.6 Å². The van der Waals surface area contributed by atoms with Gasteiger partial charge in [-0.15, -0.1) is 0 Å². The minimum absolute atomic E-state index is 0. The maximum atomic E-state index is 12.5. The number of carbonyl (C=O) groups excluding carboxylic acids is 3. The van der Waals surface area contributed by atoms with Crippen LogP contribution in [0.25, 0.3) is 0 Å². The van der Waals surface area contributed by atoms with E-state index in [2.05, 4.69) is 0 Å². The van der Waals surface area contributed by atoms with E-state index in [0.29, 0.717) is 19.3 Å². The van der Waals surface area contributed by atoms with E-state index in [0.717, 1.165) is 5.57 Å². The number of Topliss-reactive ketones (excluding diaryl/α,β-unsaturated/α-hetero) is 1. The minimum atomic E-state index is -1.71. The fourth-order valence-electron chi connectivity index (χ4n) is 7.89. The number of carbonyl (C=O) groups is 4. The number of hydrogen-bond donors (Lipinski definition) is 4. The van der Waals surface area contributed by atoms with Crippen molar-refractivity contribution in [3.8, 4) is 0 Å². The van der Waals surface area contributed by atoms with E-state index in [1.807, 2.05) is 13.8 Å². The summed E-state index contributed by atoms with van der Waals surface area (Å²) in [6.07, 6.45) is 1.31. The Balaban J connectivity index is 0.00000342. The van der Waals surface area contributed by atoms with E-state index in [1.54, 1.807) is 6.08 Å². The molecule has 4 N–H and O–H groups in total. The number of esters is 1. The van der Waals surface area contributed by atoms with Crippen LogP contribution in [0, 0.1) is 28.6 Å². The number of ketones is 2. The molecule has 1 unspecified atom stereocenters. The molecule has 0 saturated heterocycles. The SMILES string of the molecule is C[C@]12C[C@H](O)[C@H]3[C@@H](CCC4=CC(=O)CC(OC(=O)CCC(=O)O)[C@@]43C)[C@@H]1CC[C@]2(O)C(=O)CO.[NaH]. The second-order valence-electron chi connectivity index (χ2n) is 11.0. The molecule has 9 nitrogen and oxygen atoms in total. The van der Waals surface area contributed by atoms with Gasteiger partial charge in [0.1, 0.15) is 18.3 Å². The third-order valence-electron chi connectivity index (χ3n) is 9.55. The number of hydrogen-bond acceptors (Lipinski definition) is 8. The molecule has 0 amide bonds. The number of fused-ring (bicyclic) bond motifs is 5. The summed E-state index contributed by atoms with van der Waals surface area (Å²) in [7, 11) is 0. The number of rotatable bonds is 6. The van der Waals surface area contributed by atoms with Gasteiger partial charge in [0.2, 0.25) is 0 Å². The van der Waals surface area contributed by atoms with Crippen LogP contribution in [0.1, 0.15) is 65.2 Å². The molecule has 0 aromatic heterocycles. The van der Waals surface area contributed by atoms with E-state index in [9.17, 15) is 34.5 Å². The molecule has 0 aliphatic heterocycles. The zero-order valence-electron chi connectivity index (χ0n) is 19.7. The number of carboxylic acid groups (broad SMARTS) is 1. The van der Waals surface area contributed by atoms with Gasteiger partial charge >= 0.3 is 41.5 Å². The molecule has 3 saturated carbocycles. The van der Waals surface area contributed by atoms with Crippen molar-refractivity contribution < 1.29 is 44.3 Å². The topological polar surface area (TPSA) is 158 Å². The van der Waals surface area contributed by atoms with Gasteiger partial charge in [-0.05, 0) is 50.0 Å². The number of aliphatic hydroxyl groups is 3. The molecular weight excluding hydrogens is 467 g/mol. The summed E-state index contributed by atoms with van der Waals surface area (Å²) < 4.78 is 5.70. The first-order chi connectivity index (χ1) is 15.9. The van der Waals surface area contributed by atoms with Gasteiger partial charge in [-0.1, -0.05) is 19.4 Å². The molecule has 35 heavy (non-hydrogen) atoms. The summed E-state index contributed by atoms with van der Waals surface area (Å²) >= 11 is 0. The normalized spacial score (nSPS) is 42.0. The van der Waals surface area contributed by atoms with Gasteiger partial charge < -0.3 is 25.2 Å². The Bertz CT molecular complexity index is 947. The molecule has 4 aliphatic rings. The van der Waals surface area contributed by atoms with Gasteiger partial charge in [0.05, 0.1) is 18.9 Å². The Morgan fingerprint density at radius 3 is 2.49 bits per heavy atom. The Kier molecular flexibility index (Phi) is 8.12. The van der Waals surface area contributed by atoms with Crippen molar-refractivity contribution in [1.29, 1.82) is 0 Å². The van der Waals surface area contributed by atoms with Crippen molar-refractivity contribution in [3.05, 3.63) is 11.6 Å². The van der Waals surface area contributed by atoms with Crippen LogP contribution in [0.4, 0.5) is 0 Å². The molecule has 0 aromatic carbocycles. The summed E-state index contributed by atoms with van der Waals surface area (Å²) in [5, 5.41) is 41.2. The zero-order valence-corrected chi connectivity index (χ0v) is 19.7. The van der Waals surface area contributed by atoms with Crippen molar-refractivity contribution in [3.63, 3.8) is 0 Å². The number of carboxylic acids is 1. The monoisotopic (exact) mass is 502 g/mol. The summed E-state index contributed by atoms with van der Waals surface area (Å²) in [5.74, 6) is -3.12. The Morgan fingerprint density at radius 2 is 1.86 bits per heavy atom. The van der Waals surface area contributed by atoms with Crippen molar-refractivity contribution in [2.24, 2.45) is 28.6 Å². The quantitative estimate of drug-likeness (QED) is 0.300. The molecule has 0 aromatic rings. The van der Waals surface area contributed by atoms with Crippen molar-refractivity contribution >= 4 is 53.1 Å². The predicted octanol–water partition coefficient (Wildman–Crippen LogP) is 0.520. The molecular formula is C25H35NaO9. The molecule has 8 atom stereocenters. The molecule has 0 bridgehead atoms. The van der Waals surface area contributed by atoms with Crippen molar-refractivity contribution in [2.75, 3.05) is 6.61 Å². The summed E-state index contributed by atoms with van der Waals surface area (Å²) in [6, 6.07) is 0. The first-order valence-corrected chi connectivity index (χ1v) is 12.1. The second kappa shape index (κ2) is 9.99. The van der Waals surface area contributed by atoms with Crippen LogP contribution >= 0.6 is 0 Å². The number of aliphatic carboxylic acids is 1. The average Bonchev–Trinajstić information content (AvgIpc) is 3.03. The average molecular weight is 503 g/mol. The molecule has 3 fully saturated rings. The van der Waals surface area contributed by atoms with Gasteiger partial charge in [-0.2, -0.15) is 0 Å². The van der Waals surface area contributed by atoms with Crippen LogP contribution in [0.2, 0.25) is 0 Å². The molecule has 0 heterocycles. The van der Waals surface area contributed by atoms with Crippen LogP contribution in [0.3, 0.4) is 0 Å². The first-order valence-electron chi connectivity index (χ1n) is 12.1. The maximum absolute atomic E-state index is 12.5.